The highest BCUT2D eigenvalue weighted by Crippen LogP contribution is 2.28. The van der Waals surface area contributed by atoms with E-state index in [1.807, 2.05) is 0 Å². The van der Waals surface area contributed by atoms with Crippen LogP contribution in [0.1, 0.15) is 11.5 Å². The van der Waals surface area contributed by atoms with Crippen molar-refractivity contribution >= 4 is 69.3 Å². The second kappa shape index (κ2) is 5.51. The molecule has 3 amide bonds. The Labute approximate surface area is 132 Å². The molecule has 1 aromatic heterocycles. The van der Waals surface area contributed by atoms with Crippen molar-refractivity contribution in [2.24, 2.45) is 0 Å². The number of nitrogens with one attached hydrogen (secondary N) is 2. The second-order valence-electron chi connectivity index (χ2n) is 3.94. The van der Waals surface area contributed by atoms with Crippen LogP contribution < -0.4 is 10.6 Å². The maximum Gasteiger partial charge on any atom is 0.290 e. The van der Waals surface area contributed by atoms with E-state index in [1.165, 1.54) is 6.08 Å². The third kappa shape index (κ3) is 3.09. The molecule has 0 saturated carbocycles. The molecule has 0 radical (unpaired) electrons. The molecule has 0 aromatic carbocycles. The quantitative estimate of drug-likeness (QED) is 0.630. The Hall–Kier alpha value is -1.84. The molecule has 9 heteroatoms. The topological polar surface area (TPSA) is 88.4 Å². The van der Waals surface area contributed by atoms with Crippen molar-refractivity contribution in [3.63, 3.8) is 0 Å². The summed E-state index contributed by atoms with van der Waals surface area (Å²) in [4.78, 5) is 34.7. The molecule has 2 saturated heterocycles. The average Bonchev–Trinajstić information content (AvgIpc) is 3.04. The number of rotatable bonds is 2. The summed E-state index contributed by atoms with van der Waals surface area (Å²) in [5.41, 5.74) is 0. The minimum Gasteiger partial charge on any atom is -0.457 e. The van der Waals surface area contributed by atoms with Crippen LogP contribution in [0.4, 0.5) is 4.79 Å². The highest BCUT2D eigenvalue weighted by Gasteiger charge is 2.25. The standard InChI is InChI=1S/C12H6N2O4S3/c15-9-7(20-11(17)13-9)3-5-1-2-6(18-5)4-8-10(16)14-12(19)21-8/h1-4H,(H,13,15,17)(H,14,16,19)/b7-3-,8-4+. The third-order valence-corrected chi connectivity index (χ3v) is 4.45. The zero-order chi connectivity index (χ0) is 15.0. The number of thioether (sulfide) groups is 2. The first-order chi connectivity index (χ1) is 10.0. The number of carbonyl (C=O) groups excluding carboxylic acids is 3. The number of amides is 3. The van der Waals surface area contributed by atoms with Gasteiger partial charge in [0.15, 0.2) is 0 Å². The summed E-state index contributed by atoms with van der Waals surface area (Å²) in [6.45, 7) is 0. The maximum atomic E-state index is 11.5. The van der Waals surface area contributed by atoms with Gasteiger partial charge in [0.05, 0.1) is 9.81 Å². The highest BCUT2D eigenvalue weighted by molar-refractivity contribution is 8.26. The molecule has 106 valence electrons. The van der Waals surface area contributed by atoms with Crippen LogP contribution in [0.25, 0.3) is 12.2 Å². The summed E-state index contributed by atoms with van der Waals surface area (Å²) in [5.74, 6) is 0.161. The van der Waals surface area contributed by atoms with Gasteiger partial charge >= 0.3 is 0 Å². The molecule has 0 atom stereocenters. The number of hydrogen-bond donors (Lipinski definition) is 2. The SMILES string of the molecule is O=C1NC(=O)/C(=C/c2ccc(/C=C3/SC(=S)NC3=O)o2)S1. The number of thiocarbonyl (C=S) groups is 1. The van der Waals surface area contributed by atoms with E-state index in [2.05, 4.69) is 10.6 Å². The molecule has 2 aliphatic rings. The van der Waals surface area contributed by atoms with Gasteiger partial charge in [0.25, 0.3) is 17.1 Å². The van der Waals surface area contributed by atoms with Gasteiger partial charge in [-0.15, -0.1) is 0 Å². The van der Waals surface area contributed by atoms with Crippen molar-refractivity contribution in [3.05, 3.63) is 33.5 Å². The summed E-state index contributed by atoms with van der Waals surface area (Å²) in [6, 6.07) is 3.31. The molecular formula is C12H6N2O4S3. The zero-order valence-corrected chi connectivity index (χ0v) is 12.6. The van der Waals surface area contributed by atoms with Crippen LogP contribution >= 0.6 is 35.7 Å². The van der Waals surface area contributed by atoms with Gasteiger partial charge in [-0.3, -0.25) is 19.7 Å². The molecule has 21 heavy (non-hydrogen) atoms. The van der Waals surface area contributed by atoms with Gasteiger partial charge in [-0.25, -0.2) is 0 Å². The molecular weight excluding hydrogens is 332 g/mol. The Bertz CT molecular complexity index is 687. The monoisotopic (exact) mass is 338 g/mol. The van der Waals surface area contributed by atoms with Crippen LogP contribution in [0.15, 0.2) is 26.4 Å². The molecule has 0 unspecified atom stereocenters. The maximum absolute atomic E-state index is 11.5. The first kappa shape index (κ1) is 14.1. The van der Waals surface area contributed by atoms with Gasteiger partial charge in [0, 0.05) is 12.2 Å². The molecule has 6 nitrogen and oxygen atoms in total. The summed E-state index contributed by atoms with van der Waals surface area (Å²) in [6.07, 6.45) is 3.04. The fourth-order valence-corrected chi connectivity index (χ4v) is 3.31. The van der Waals surface area contributed by atoms with E-state index < -0.39 is 11.1 Å². The smallest absolute Gasteiger partial charge is 0.290 e. The van der Waals surface area contributed by atoms with Gasteiger partial charge in [-0.05, 0) is 23.9 Å². The Morgan fingerprint density at radius 1 is 0.952 bits per heavy atom. The van der Waals surface area contributed by atoms with E-state index in [1.54, 1.807) is 18.2 Å². The number of furan rings is 1. The van der Waals surface area contributed by atoms with Gasteiger partial charge in [-0.2, -0.15) is 0 Å². The Balaban J connectivity index is 1.81. The number of imide groups is 1. The fraction of sp³-hybridized carbons (Fsp3) is 0. The summed E-state index contributed by atoms with van der Waals surface area (Å²) in [7, 11) is 0. The van der Waals surface area contributed by atoms with E-state index in [4.69, 9.17) is 16.6 Å². The van der Waals surface area contributed by atoms with E-state index in [0.29, 0.717) is 20.7 Å². The van der Waals surface area contributed by atoms with Crippen LogP contribution in [0, 0.1) is 0 Å². The molecule has 2 N–H and O–H groups in total. The van der Waals surface area contributed by atoms with Crippen LogP contribution in [-0.2, 0) is 9.59 Å². The summed E-state index contributed by atoms with van der Waals surface area (Å²) < 4.78 is 5.88. The molecule has 1 aromatic rings. The predicted molar refractivity (Wildman–Crippen MR) is 84.1 cm³/mol. The molecule has 2 fully saturated rings. The van der Waals surface area contributed by atoms with Gasteiger partial charge in [0.1, 0.15) is 15.8 Å². The van der Waals surface area contributed by atoms with Gasteiger partial charge in [-0.1, -0.05) is 24.0 Å². The molecule has 2 aliphatic heterocycles. The zero-order valence-electron chi connectivity index (χ0n) is 10.2. The second-order valence-corrected chi connectivity index (χ2v) is 6.68. The van der Waals surface area contributed by atoms with Crippen LogP contribution in [0.2, 0.25) is 0 Å². The first-order valence-corrected chi connectivity index (χ1v) is 7.65. The third-order valence-electron chi connectivity index (χ3n) is 2.48. The predicted octanol–water partition coefficient (Wildman–Crippen LogP) is 2.09. The normalized spacial score (nSPS) is 22.3. The van der Waals surface area contributed by atoms with E-state index in [-0.39, 0.29) is 10.8 Å². The Morgan fingerprint density at radius 3 is 2.00 bits per heavy atom. The van der Waals surface area contributed by atoms with Gasteiger partial charge < -0.3 is 9.73 Å². The average molecular weight is 338 g/mol. The largest absolute Gasteiger partial charge is 0.457 e. The van der Waals surface area contributed by atoms with Crippen molar-refractivity contribution in [1.82, 2.24) is 10.6 Å². The minimum atomic E-state index is -0.447. The lowest BCUT2D eigenvalue weighted by Crippen LogP contribution is -2.17. The van der Waals surface area contributed by atoms with Crippen molar-refractivity contribution in [2.75, 3.05) is 0 Å². The van der Waals surface area contributed by atoms with Gasteiger partial charge in [0.2, 0.25) is 0 Å². The first-order valence-electron chi connectivity index (χ1n) is 5.61. The number of hydrogen-bond acceptors (Lipinski definition) is 7. The molecule has 0 aliphatic carbocycles. The molecule has 3 rings (SSSR count). The molecule has 0 bridgehead atoms. The van der Waals surface area contributed by atoms with Crippen molar-refractivity contribution in [2.45, 2.75) is 0 Å². The molecule has 0 spiro atoms. The Morgan fingerprint density at radius 2 is 1.52 bits per heavy atom. The Kier molecular flexibility index (Phi) is 3.70. The fourth-order valence-electron chi connectivity index (χ4n) is 1.62. The van der Waals surface area contributed by atoms with Crippen molar-refractivity contribution in [3.8, 4) is 0 Å². The lowest BCUT2D eigenvalue weighted by atomic mass is 10.3. The van der Waals surface area contributed by atoms with E-state index >= 15 is 0 Å². The van der Waals surface area contributed by atoms with Crippen molar-refractivity contribution < 1.29 is 18.8 Å². The van der Waals surface area contributed by atoms with E-state index in [0.717, 1.165) is 23.5 Å². The number of carbonyl (C=O) groups is 3. The van der Waals surface area contributed by atoms with Crippen LogP contribution in [-0.4, -0.2) is 21.4 Å². The molecule has 3 heterocycles. The van der Waals surface area contributed by atoms with Crippen LogP contribution in [0.5, 0.6) is 0 Å². The van der Waals surface area contributed by atoms with Crippen molar-refractivity contribution in [1.29, 1.82) is 0 Å². The lowest BCUT2D eigenvalue weighted by Gasteiger charge is -1.91. The summed E-state index contributed by atoms with van der Waals surface area (Å²) >= 11 is 6.85. The minimum absolute atomic E-state index is 0.266. The van der Waals surface area contributed by atoms with E-state index in [9.17, 15) is 14.4 Å². The lowest BCUT2D eigenvalue weighted by molar-refractivity contribution is -0.116. The summed E-state index contributed by atoms with van der Waals surface area (Å²) in [5, 5.41) is 4.25. The highest BCUT2D eigenvalue weighted by atomic mass is 32.2. The van der Waals surface area contributed by atoms with Crippen LogP contribution in [0.3, 0.4) is 0 Å².